The van der Waals surface area contributed by atoms with E-state index < -0.39 is 6.10 Å². The van der Waals surface area contributed by atoms with Crippen LogP contribution < -0.4 is 4.74 Å². The number of ether oxygens (including phenoxy) is 2. The molecule has 1 rings (SSSR count). The number of halogens is 1. The molecule has 0 heterocycles. The number of benzene rings is 1. The van der Waals surface area contributed by atoms with E-state index in [4.69, 9.17) is 21.1 Å². The Balaban J connectivity index is 3.15. The maximum absolute atomic E-state index is 9.46. The van der Waals surface area contributed by atoms with Crippen molar-refractivity contribution >= 4 is 11.6 Å². The molecular weight excluding hydrogens is 228 g/mol. The molecule has 0 aliphatic carbocycles. The predicted octanol–water partition coefficient (Wildman–Crippen LogP) is 2.42. The molecule has 0 aromatic heterocycles. The maximum atomic E-state index is 9.46. The molecule has 0 spiro atoms. The quantitative estimate of drug-likeness (QED) is 0.865. The van der Waals surface area contributed by atoms with Crippen molar-refractivity contribution in [2.75, 3.05) is 14.2 Å². The highest BCUT2D eigenvalue weighted by Crippen LogP contribution is 2.29. The Hall–Kier alpha value is -0.770. The van der Waals surface area contributed by atoms with Crippen LogP contribution in [-0.4, -0.2) is 25.4 Å². The van der Waals surface area contributed by atoms with Crippen molar-refractivity contribution in [1.82, 2.24) is 0 Å². The van der Waals surface area contributed by atoms with E-state index in [0.717, 1.165) is 11.1 Å². The molecule has 0 saturated heterocycles. The molecule has 0 radical (unpaired) electrons. The van der Waals surface area contributed by atoms with Gasteiger partial charge in [-0.25, -0.2) is 0 Å². The minimum atomic E-state index is -0.425. The molecule has 1 unspecified atom stereocenters. The van der Waals surface area contributed by atoms with Crippen molar-refractivity contribution in [2.24, 2.45) is 0 Å². The second kappa shape index (κ2) is 6.09. The molecule has 3 nitrogen and oxygen atoms in total. The lowest BCUT2D eigenvalue weighted by Crippen LogP contribution is -2.09. The van der Waals surface area contributed by atoms with E-state index in [9.17, 15) is 5.11 Å². The van der Waals surface area contributed by atoms with E-state index in [0.29, 0.717) is 23.8 Å². The summed E-state index contributed by atoms with van der Waals surface area (Å²) in [5.74, 6) is 0.695. The van der Waals surface area contributed by atoms with Crippen LogP contribution in [-0.2, 0) is 17.8 Å². The van der Waals surface area contributed by atoms with Crippen molar-refractivity contribution in [3.05, 3.63) is 28.3 Å². The number of rotatable bonds is 5. The van der Waals surface area contributed by atoms with Crippen LogP contribution in [0.3, 0.4) is 0 Å². The van der Waals surface area contributed by atoms with E-state index in [1.54, 1.807) is 27.2 Å². The average Bonchev–Trinajstić information content (AvgIpc) is 2.21. The average molecular weight is 245 g/mol. The Morgan fingerprint density at radius 3 is 2.56 bits per heavy atom. The van der Waals surface area contributed by atoms with E-state index in [1.165, 1.54) is 0 Å². The first-order chi connectivity index (χ1) is 7.58. The molecule has 16 heavy (non-hydrogen) atoms. The summed E-state index contributed by atoms with van der Waals surface area (Å²) in [6, 6.07) is 3.59. The molecule has 4 heteroatoms. The second-order valence-corrected chi connectivity index (χ2v) is 4.17. The van der Waals surface area contributed by atoms with Gasteiger partial charge in [-0.2, -0.15) is 0 Å². The highest BCUT2D eigenvalue weighted by atomic mass is 35.5. The van der Waals surface area contributed by atoms with Crippen molar-refractivity contribution in [3.8, 4) is 5.75 Å². The third-order valence-electron chi connectivity index (χ3n) is 2.29. The summed E-state index contributed by atoms with van der Waals surface area (Å²) in [7, 11) is 3.22. The van der Waals surface area contributed by atoms with Crippen LogP contribution >= 0.6 is 11.6 Å². The van der Waals surface area contributed by atoms with Gasteiger partial charge >= 0.3 is 0 Å². The van der Waals surface area contributed by atoms with Gasteiger partial charge in [-0.3, -0.25) is 0 Å². The Labute approximate surface area is 101 Å². The normalized spacial score (nSPS) is 12.6. The van der Waals surface area contributed by atoms with Gasteiger partial charge in [-0.05, 0) is 24.6 Å². The van der Waals surface area contributed by atoms with Crippen LogP contribution in [0.1, 0.15) is 18.1 Å². The fourth-order valence-corrected chi connectivity index (χ4v) is 1.89. The minimum absolute atomic E-state index is 0.425. The lowest BCUT2D eigenvalue weighted by Gasteiger charge is -2.15. The first kappa shape index (κ1) is 13.3. The van der Waals surface area contributed by atoms with Crippen molar-refractivity contribution in [2.45, 2.75) is 26.1 Å². The lowest BCUT2D eigenvalue weighted by molar-refractivity contribution is 0.177. The lowest BCUT2D eigenvalue weighted by atomic mass is 10.0. The summed E-state index contributed by atoms with van der Waals surface area (Å²) in [4.78, 5) is 0. The molecule has 0 saturated carbocycles. The van der Waals surface area contributed by atoms with E-state index in [2.05, 4.69) is 0 Å². The van der Waals surface area contributed by atoms with Crippen molar-refractivity contribution in [3.63, 3.8) is 0 Å². The number of hydrogen-bond donors (Lipinski definition) is 1. The molecule has 0 bridgehead atoms. The summed E-state index contributed by atoms with van der Waals surface area (Å²) in [5, 5.41) is 10.1. The molecule has 1 aromatic carbocycles. The molecule has 1 atom stereocenters. The summed E-state index contributed by atoms with van der Waals surface area (Å²) in [5.41, 5.74) is 1.90. The number of aliphatic hydroxyl groups is 1. The standard InChI is InChI=1S/C12H17ClO3/c1-8(14)4-11-9(7-15-2)5-10(13)6-12(11)16-3/h5-6,8,14H,4,7H2,1-3H3. The SMILES string of the molecule is COCc1cc(Cl)cc(OC)c1CC(C)O. The monoisotopic (exact) mass is 244 g/mol. The van der Waals surface area contributed by atoms with Crippen LogP contribution in [0, 0.1) is 0 Å². The van der Waals surface area contributed by atoms with Crippen molar-refractivity contribution in [1.29, 1.82) is 0 Å². The number of methoxy groups -OCH3 is 2. The van der Waals surface area contributed by atoms with Gasteiger partial charge in [0.15, 0.2) is 0 Å². The van der Waals surface area contributed by atoms with Crippen LogP contribution in [0.15, 0.2) is 12.1 Å². The first-order valence-electron chi connectivity index (χ1n) is 5.10. The van der Waals surface area contributed by atoms with Gasteiger partial charge in [0.25, 0.3) is 0 Å². The summed E-state index contributed by atoms with van der Waals surface area (Å²) in [6.07, 6.45) is 0.102. The number of hydrogen-bond acceptors (Lipinski definition) is 3. The Bertz CT molecular complexity index is 350. The summed E-state index contributed by atoms with van der Waals surface area (Å²) in [6.45, 7) is 2.20. The molecule has 1 N–H and O–H groups in total. The van der Waals surface area contributed by atoms with Crippen LogP contribution in [0.5, 0.6) is 5.75 Å². The molecule has 0 aliphatic rings. The van der Waals surface area contributed by atoms with Gasteiger partial charge in [0.1, 0.15) is 5.75 Å². The predicted molar refractivity (Wildman–Crippen MR) is 64.1 cm³/mol. The van der Waals surface area contributed by atoms with Crippen LogP contribution in [0.25, 0.3) is 0 Å². The first-order valence-corrected chi connectivity index (χ1v) is 5.48. The van der Waals surface area contributed by atoms with Gasteiger partial charge in [0, 0.05) is 24.1 Å². The van der Waals surface area contributed by atoms with Gasteiger partial charge in [-0.15, -0.1) is 0 Å². The molecule has 90 valence electrons. The smallest absolute Gasteiger partial charge is 0.123 e. The number of aliphatic hydroxyl groups excluding tert-OH is 1. The molecule has 0 fully saturated rings. The third kappa shape index (κ3) is 3.37. The Kier molecular flexibility index (Phi) is 5.06. The zero-order valence-corrected chi connectivity index (χ0v) is 10.5. The zero-order valence-electron chi connectivity index (χ0n) is 9.79. The molecule has 0 amide bonds. The van der Waals surface area contributed by atoms with Crippen LogP contribution in [0.2, 0.25) is 5.02 Å². The van der Waals surface area contributed by atoms with Gasteiger partial charge in [0.2, 0.25) is 0 Å². The highest BCUT2D eigenvalue weighted by Gasteiger charge is 2.13. The largest absolute Gasteiger partial charge is 0.496 e. The topological polar surface area (TPSA) is 38.7 Å². The molecule has 1 aromatic rings. The van der Waals surface area contributed by atoms with Crippen molar-refractivity contribution < 1.29 is 14.6 Å². The Morgan fingerprint density at radius 2 is 2.06 bits per heavy atom. The second-order valence-electron chi connectivity index (χ2n) is 3.73. The van der Waals surface area contributed by atoms with E-state index >= 15 is 0 Å². The van der Waals surface area contributed by atoms with E-state index in [-0.39, 0.29) is 0 Å². The van der Waals surface area contributed by atoms with Crippen LogP contribution in [0.4, 0.5) is 0 Å². The van der Waals surface area contributed by atoms with E-state index in [1.807, 2.05) is 6.07 Å². The third-order valence-corrected chi connectivity index (χ3v) is 2.50. The van der Waals surface area contributed by atoms with Gasteiger partial charge in [-0.1, -0.05) is 11.6 Å². The fraction of sp³-hybridized carbons (Fsp3) is 0.500. The summed E-state index contributed by atoms with van der Waals surface area (Å²) < 4.78 is 10.4. The molecule has 0 aliphatic heterocycles. The van der Waals surface area contributed by atoms with Gasteiger partial charge < -0.3 is 14.6 Å². The zero-order chi connectivity index (χ0) is 12.1. The van der Waals surface area contributed by atoms with Gasteiger partial charge in [0.05, 0.1) is 19.8 Å². The molecular formula is C12H17ClO3. The minimum Gasteiger partial charge on any atom is -0.496 e. The summed E-state index contributed by atoms with van der Waals surface area (Å²) >= 11 is 5.97. The Morgan fingerprint density at radius 1 is 1.38 bits per heavy atom. The fourth-order valence-electron chi connectivity index (χ4n) is 1.66. The maximum Gasteiger partial charge on any atom is 0.123 e. The highest BCUT2D eigenvalue weighted by molar-refractivity contribution is 6.30.